The van der Waals surface area contributed by atoms with Crippen molar-refractivity contribution >= 4 is 0 Å². The maximum Gasteiger partial charge on any atom is 0.225 e. The van der Waals surface area contributed by atoms with Gasteiger partial charge in [-0.3, -0.25) is 0 Å². The van der Waals surface area contributed by atoms with E-state index < -0.39 is 5.79 Å². The average molecular weight is 276 g/mol. The third-order valence-electron chi connectivity index (χ3n) is 4.11. The van der Waals surface area contributed by atoms with Crippen LogP contribution in [0.1, 0.15) is 64.9 Å². The first-order valence-electron chi connectivity index (χ1n) is 8.02. The molecule has 1 unspecified atom stereocenters. The van der Waals surface area contributed by atoms with Gasteiger partial charge in [-0.15, -0.1) is 0 Å². The van der Waals surface area contributed by atoms with Gasteiger partial charge in [0.2, 0.25) is 5.79 Å². The maximum atomic E-state index is 6.13. The van der Waals surface area contributed by atoms with Gasteiger partial charge in [0.05, 0.1) is 6.61 Å². The van der Waals surface area contributed by atoms with Crippen molar-refractivity contribution in [1.29, 1.82) is 0 Å². The lowest BCUT2D eigenvalue weighted by atomic mass is 9.99. The Kier molecular flexibility index (Phi) is 5.22. The summed E-state index contributed by atoms with van der Waals surface area (Å²) >= 11 is 0. The summed E-state index contributed by atoms with van der Waals surface area (Å²) < 4.78 is 12.0. The first-order valence-corrected chi connectivity index (χ1v) is 8.02. The van der Waals surface area contributed by atoms with Gasteiger partial charge in [-0.05, 0) is 20.3 Å². The van der Waals surface area contributed by atoms with E-state index in [4.69, 9.17) is 9.47 Å². The Bertz CT molecular complexity index is 399. The second kappa shape index (κ2) is 6.73. The molecule has 1 heterocycles. The van der Waals surface area contributed by atoms with Crippen LogP contribution in [0.5, 0.6) is 0 Å². The van der Waals surface area contributed by atoms with Gasteiger partial charge < -0.3 is 9.47 Å². The van der Waals surface area contributed by atoms with E-state index in [1.54, 1.807) is 0 Å². The zero-order valence-corrected chi connectivity index (χ0v) is 13.2. The third kappa shape index (κ3) is 3.42. The summed E-state index contributed by atoms with van der Waals surface area (Å²) in [5.74, 6) is -0.516. The number of ether oxygens (including phenoxy) is 2. The standard InChI is InChI=1S/C18H28O2/c1-4-5-6-7-8-12-15-19-18(17(2,3)20-18)16-13-10-9-11-14-16/h9-11,13-14H,4-8,12,15H2,1-3H3. The Morgan fingerprint density at radius 2 is 1.55 bits per heavy atom. The van der Waals surface area contributed by atoms with Crippen LogP contribution >= 0.6 is 0 Å². The molecule has 1 aliphatic heterocycles. The zero-order chi connectivity index (χ0) is 14.5. The van der Waals surface area contributed by atoms with Crippen molar-refractivity contribution in [2.45, 2.75) is 70.7 Å². The summed E-state index contributed by atoms with van der Waals surface area (Å²) in [6.07, 6.45) is 7.70. The first kappa shape index (κ1) is 15.5. The number of rotatable bonds is 9. The van der Waals surface area contributed by atoms with E-state index in [0.29, 0.717) is 0 Å². The van der Waals surface area contributed by atoms with Crippen LogP contribution in [0.3, 0.4) is 0 Å². The number of benzene rings is 1. The highest BCUT2D eigenvalue weighted by atomic mass is 16.8. The molecule has 0 radical (unpaired) electrons. The second-order valence-corrected chi connectivity index (χ2v) is 6.21. The molecule has 2 rings (SSSR count). The van der Waals surface area contributed by atoms with E-state index >= 15 is 0 Å². The summed E-state index contributed by atoms with van der Waals surface area (Å²) in [7, 11) is 0. The van der Waals surface area contributed by atoms with Crippen LogP contribution in [-0.2, 0) is 15.3 Å². The molecule has 112 valence electrons. The van der Waals surface area contributed by atoms with Gasteiger partial charge in [0, 0.05) is 5.56 Å². The number of hydrogen-bond acceptors (Lipinski definition) is 2. The van der Waals surface area contributed by atoms with Crippen LogP contribution < -0.4 is 0 Å². The van der Waals surface area contributed by atoms with E-state index in [-0.39, 0.29) is 5.60 Å². The number of hydrogen-bond donors (Lipinski definition) is 0. The Hall–Kier alpha value is -0.860. The fraction of sp³-hybridized carbons (Fsp3) is 0.667. The Morgan fingerprint density at radius 3 is 2.15 bits per heavy atom. The Balaban J connectivity index is 1.78. The lowest BCUT2D eigenvalue weighted by Crippen LogP contribution is -2.23. The fourth-order valence-corrected chi connectivity index (χ4v) is 2.78. The van der Waals surface area contributed by atoms with E-state index in [9.17, 15) is 0 Å². The first-order chi connectivity index (χ1) is 9.62. The molecular formula is C18H28O2. The van der Waals surface area contributed by atoms with Crippen molar-refractivity contribution in [3.05, 3.63) is 35.9 Å². The van der Waals surface area contributed by atoms with Gasteiger partial charge >= 0.3 is 0 Å². The van der Waals surface area contributed by atoms with Crippen LogP contribution in [-0.4, -0.2) is 12.2 Å². The molecule has 0 N–H and O–H groups in total. The van der Waals surface area contributed by atoms with Crippen molar-refractivity contribution in [3.63, 3.8) is 0 Å². The minimum Gasteiger partial charge on any atom is -0.344 e. The van der Waals surface area contributed by atoms with Crippen molar-refractivity contribution < 1.29 is 9.47 Å². The molecule has 1 aliphatic rings. The van der Waals surface area contributed by atoms with Crippen molar-refractivity contribution in [2.24, 2.45) is 0 Å². The molecule has 0 bridgehead atoms. The van der Waals surface area contributed by atoms with Crippen LogP contribution in [0, 0.1) is 0 Å². The molecule has 2 heteroatoms. The molecule has 0 spiro atoms. The largest absolute Gasteiger partial charge is 0.344 e. The predicted octanol–water partition coefficient (Wildman–Crippen LogP) is 5.03. The highest BCUT2D eigenvalue weighted by Crippen LogP contribution is 2.56. The monoisotopic (exact) mass is 276 g/mol. The lowest BCUT2D eigenvalue weighted by Gasteiger charge is -2.16. The van der Waals surface area contributed by atoms with E-state index in [1.165, 1.54) is 32.1 Å². The maximum absolute atomic E-state index is 6.13. The van der Waals surface area contributed by atoms with Gasteiger partial charge in [0.1, 0.15) is 5.60 Å². The molecule has 0 amide bonds. The van der Waals surface area contributed by atoms with Crippen LogP contribution in [0.4, 0.5) is 0 Å². The topological polar surface area (TPSA) is 21.8 Å². The van der Waals surface area contributed by atoms with Gasteiger partial charge in [0.25, 0.3) is 0 Å². The quantitative estimate of drug-likeness (QED) is 0.466. The van der Waals surface area contributed by atoms with Gasteiger partial charge in [0.15, 0.2) is 0 Å². The third-order valence-corrected chi connectivity index (χ3v) is 4.11. The smallest absolute Gasteiger partial charge is 0.225 e. The number of unbranched alkanes of at least 4 members (excludes halogenated alkanes) is 5. The van der Waals surface area contributed by atoms with Crippen LogP contribution in [0.2, 0.25) is 0 Å². The van der Waals surface area contributed by atoms with Gasteiger partial charge in [-0.25, -0.2) is 0 Å². The molecule has 2 nitrogen and oxygen atoms in total. The highest BCUT2D eigenvalue weighted by Gasteiger charge is 2.66. The molecule has 1 saturated heterocycles. The zero-order valence-electron chi connectivity index (χ0n) is 13.2. The van der Waals surface area contributed by atoms with E-state index in [0.717, 1.165) is 18.6 Å². The average Bonchev–Trinajstić information content (AvgIpc) is 3.02. The van der Waals surface area contributed by atoms with Gasteiger partial charge in [-0.1, -0.05) is 69.4 Å². The van der Waals surface area contributed by atoms with Crippen LogP contribution in [0.25, 0.3) is 0 Å². The minimum atomic E-state index is -0.516. The SMILES string of the molecule is CCCCCCCCOC1(c2ccccc2)OC1(C)C. The van der Waals surface area contributed by atoms with Crippen molar-refractivity contribution in [2.75, 3.05) is 6.61 Å². The molecule has 1 aromatic rings. The molecule has 0 saturated carbocycles. The molecule has 0 aliphatic carbocycles. The summed E-state index contributed by atoms with van der Waals surface area (Å²) in [6.45, 7) is 7.23. The van der Waals surface area contributed by atoms with E-state index in [2.05, 4.69) is 32.9 Å². The van der Waals surface area contributed by atoms with Crippen molar-refractivity contribution in [1.82, 2.24) is 0 Å². The second-order valence-electron chi connectivity index (χ2n) is 6.21. The normalized spacial score (nSPS) is 23.8. The summed E-state index contributed by atoms with van der Waals surface area (Å²) in [4.78, 5) is 0. The minimum absolute atomic E-state index is 0.212. The summed E-state index contributed by atoms with van der Waals surface area (Å²) in [6, 6.07) is 10.3. The fourth-order valence-electron chi connectivity index (χ4n) is 2.78. The molecule has 1 atom stereocenters. The summed E-state index contributed by atoms with van der Waals surface area (Å²) in [5, 5.41) is 0. The Morgan fingerprint density at radius 1 is 0.950 bits per heavy atom. The Labute approximate surface area is 123 Å². The number of epoxide rings is 1. The molecular weight excluding hydrogens is 248 g/mol. The highest BCUT2D eigenvalue weighted by molar-refractivity contribution is 5.29. The molecule has 1 aromatic carbocycles. The van der Waals surface area contributed by atoms with Gasteiger partial charge in [-0.2, -0.15) is 0 Å². The van der Waals surface area contributed by atoms with E-state index in [1.807, 2.05) is 18.2 Å². The lowest BCUT2D eigenvalue weighted by molar-refractivity contribution is -0.0506. The molecule has 20 heavy (non-hydrogen) atoms. The summed E-state index contributed by atoms with van der Waals surface area (Å²) in [5.41, 5.74) is 0.923. The van der Waals surface area contributed by atoms with Crippen LogP contribution in [0.15, 0.2) is 30.3 Å². The predicted molar refractivity (Wildman–Crippen MR) is 82.6 cm³/mol. The molecule has 0 aromatic heterocycles. The molecule has 1 fully saturated rings. The van der Waals surface area contributed by atoms with Crippen molar-refractivity contribution in [3.8, 4) is 0 Å².